The van der Waals surface area contributed by atoms with E-state index in [2.05, 4.69) is 15.9 Å². The van der Waals surface area contributed by atoms with Gasteiger partial charge in [0.2, 0.25) is 0 Å². The lowest BCUT2D eigenvalue weighted by Gasteiger charge is -2.18. The highest BCUT2D eigenvalue weighted by molar-refractivity contribution is 7.99. The number of hydrogen-bond donors (Lipinski definition) is 0. The monoisotopic (exact) mass is 440 g/mol. The van der Waals surface area contributed by atoms with Crippen molar-refractivity contribution in [2.75, 3.05) is 17.3 Å². The summed E-state index contributed by atoms with van der Waals surface area (Å²) in [5.41, 5.74) is 0.265. The Balaban J connectivity index is 3.00. The first kappa shape index (κ1) is 24.1. The van der Waals surface area contributed by atoms with Gasteiger partial charge in [0.15, 0.2) is 9.84 Å². The molecule has 0 amide bonds. The summed E-state index contributed by atoms with van der Waals surface area (Å²) in [7, 11) is -3.44. The minimum atomic E-state index is -5.63. The molecule has 0 aliphatic carbocycles. The molecule has 0 aliphatic rings. The molecule has 154 valence electrons. The van der Waals surface area contributed by atoms with Gasteiger partial charge in [-0.15, -0.1) is 24.1 Å². The molecule has 0 saturated heterocycles. The number of alkyl halides is 5. The number of terminal acetylenes is 1. The van der Waals surface area contributed by atoms with Crippen LogP contribution in [0.5, 0.6) is 0 Å². The second-order valence-corrected chi connectivity index (χ2v) is 8.82. The molecule has 1 heterocycles. The maximum Gasteiger partial charge on any atom is 0.454 e. The Labute approximate surface area is 164 Å². The van der Waals surface area contributed by atoms with E-state index in [-0.39, 0.29) is 28.5 Å². The Morgan fingerprint density at radius 2 is 2.00 bits per heavy atom. The van der Waals surface area contributed by atoms with Gasteiger partial charge in [0.1, 0.15) is 0 Å². The van der Waals surface area contributed by atoms with Crippen LogP contribution >= 0.6 is 11.8 Å². The van der Waals surface area contributed by atoms with Crippen LogP contribution in [0.4, 0.5) is 22.0 Å². The van der Waals surface area contributed by atoms with Crippen molar-refractivity contribution in [3.8, 4) is 12.3 Å². The lowest BCUT2D eigenvalue weighted by Crippen LogP contribution is -2.38. The van der Waals surface area contributed by atoms with Crippen molar-refractivity contribution in [2.45, 2.75) is 30.3 Å². The number of thioether (sulfide) groups is 1. The molecule has 0 saturated carbocycles. The fourth-order valence-corrected chi connectivity index (χ4v) is 3.29. The predicted octanol–water partition coefficient (Wildman–Crippen LogP) is 4.13. The van der Waals surface area contributed by atoms with Crippen molar-refractivity contribution in [2.24, 2.45) is 4.99 Å². The van der Waals surface area contributed by atoms with E-state index in [1.807, 2.05) is 0 Å². The van der Waals surface area contributed by atoms with Crippen molar-refractivity contribution in [1.82, 2.24) is 4.98 Å². The summed E-state index contributed by atoms with van der Waals surface area (Å²) < 4.78 is 86.3. The molecule has 4 nitrogen and oxygen atoms in total. The standard InChI is InChI=1S/C17H17F5N2O2S2/c1-3-5-6-9-23-15(11-28(25,26)4-2)14-8-7-13(10-24-14)27-12-16(18,19)17(20,21)22/h1,6-10H,4-5,11-12H2,2H3/b9-6-,23-15+. The molecule has 0 radical (unpaired) electrons. The Kier molecular flexibility index (Phi) is 8.63. The van der Waals surface area contributed by atoms with Crippen LogP contribution in [0.15, 0.2) is 40.5 Å². The number of halogens is 5. The van der Waals surface area contributed by atoms with Crippen LogP contribution in [0.1, 0.15) is 19.0 Å². The topological polar surface area (TPSA) is 59.4 Å². The van der Waals surface area contributed by atoms with Crippen LogP contribution in [0.3, 0.4) is 0 Å². The zero-order chi connectivity index (χ0) is 21.4. The number of sulfone groups is 1. The summed E-state index contributed by atoms with van der Waals surface area (Å²) in [5, 5.41) is 0. The smallest absolute Gasteiger partial charge is 0.258 e. The van der Waals surface area contributed by atoms with E-state index in [1.165, 1.54) is 31.3 Å². The molecule has 0 fully saturated rings. The second kappa shape index (κ2) is 10.0. The minimum Gasteiger partial charge on any atom is -0.258 e. The van der Waals surface area contributed by atoms with Gasteiger partial charge in [-0.05, 0) is 12.1 Å². The van der Waals surface area contributed by atoms with Gasteiger partial charge in [-0.1, -0.05) is 13.0 Å². The zero-order valence-electron chi connectivity index (χ0n) is 14.7. The first-order chi connectivity index (χ1) is 12.9. The summed E-state index contributed by atoms with van der Waals surface area (Å²) in [6.07, 6.45) is 3.70. The molecule has 0 spiro atoms. The van der Waals surface area contributed by atoms with Gasteiger partial charge in [0.05, 0.1) is 22.9 Å². The van der Waals surface area contributed by atoms with E-state index in [0.717, 1.165) is 6.20 Å². The number of rotatable bonds is 9. The largest absolute Gasteiger partial charge is 0.454 e. The van der Waals surface area contributed by atoms with Crippen molar-refractivity contribution in [3.05, 3.63) is 36.3 Å². The van der Waals surface area contributed by atoms with E-state index in [1.54, 1.807) is 0 Å². The first-order valence-corrected chi connectivity index (χ1v) is 10.6. The lowest BCUT2D eigenvalue weighted by molar-refractivity contribution is -0.271. The molecular formula is C17H17F5N2O2S2. The van der Waals surface area contributed by atoms with E-state index >= 15 is 0 Å². The van der Waals surface area contributed by atoms with Crippen LogP contribution in [0.25, 0.3) is 0 Å². The van der Waals surface area contributed by atoms with Gasteiger partial charge in [-0.25, -0.2) is 8.42 Å². The zero-order valence-corrected chi connectivity index (χ0v) is 16.3. The van der Waals surface area contributed by atoms with Gasteiger partial charge < -0.3 is 0 Å². The molecule has 0 bridgehead atoms. The summed E-state index contributed by atoms with van der Waals surface area (Å²) in [4.78, 5) is 8.06. The van der Waals surface area contributed by atoms with E-state index in [4.69, 9.17) is 6.42 Å². The summed E-state index contributed by atoms with van der Waals surface area (Å²) in [6, 6.07) is 2.59. The number of pyridine rings is 1. The summed E-state index contributed by atoms with van der Waals surface area (Å²) >= 11 is 0.290. The fraction of sp³-hybridized carbons (Fsp3) is 0.412. The normalized spacial score (nSPS) is 13.7. The fourth-order valence-electron chi connectivity index (χ4n) is 1.64. The van der Waals surface area contributed by atoms with E-state index in [0.29, 0.717) is 11.8 Å². The molecule has 0 atom stereocenters. The van der Waals surface area contributed by atoms with Gasteiger partial charge in [-0.3, -0.25) is 9.98 Å². The van der Waals surface area contributed by atoms with Crippen LogP contribution in [0.2, 0.25) is 0 Å². The quantitative estimate of drug-likeness (QED) is 0.251. The van der Waals surface area contributed by atoms with Crippen LogP contribution in [-0.4, -0.2) is 48.5 Å². The number of allylic oxidation sites excluding steroid dienone is 1. The van der Waals surface area contributed by atoms with Crippen molar-refractivity contribution >= 4 is 27.3 Å². The number of aliphatic imine (C=N–C) groups is 1. The maximum atomic E-state index is 13.0. The molecule has 0 unspecified atom stereocenters. The van der Waals surface area contributed by atoms with Crippen molar-refractivity contribution < 1.29 is 30.4 Å². The van der Waals surface area contributed by atoms with Gasteiger partial charge in [-0.2, -0.15) is 22.0 Å². The van der Waals surface area contributed by atoms with Crippen LogP contribution in [-0.2, 0) is 9.84 Å². The van der Waals surface area contributed by atoms with Crippen molar-refractivity contribution in [1.29, 1.82) is 0 Å². The van der Waals surface area contributed by atoms with Gasteiger partial charge in [0, 0.05) is 29.5 Å². The highest BCUT2D eigenvalue weighted by Gasteiger charge is 2.57. The van der Waals surface area contributed by atoms with Gasteiger partial charge in [0.25, 0.3) is 0 Å². The molecular weight excluding hydrogens is 423 g/mol. The maximum absolute atomic E-state index is 13.0. The second-order valence-electron chi connectivity index (χ2n) is 5.42. The van der Waals surface area contributed by atoms with Crippen LogP contribution < -0.4 is 0 Å². The third kappa shape index (κ3) is 7.59. The van der Waals surface area contributed by atoms with Crippen LogP contribution in [0, 0.1) is 12.3 Å². The molecule has 11 heteroatoms. The SMILES string of the molecule is C#CC/C=C\N=C(/CS(=O)(=O)CC)c1ccc(SCC(F)(F)C(F)(F)F)cn1. The Hall–Kier alpha value is -1.93. The average Bonchev–Trinajstić information content (AvgIpc) is 2.62. The summed E-state index contributed by atoms with van der Waals surface area (Å²) in [5.74, 6) is -4.50. The van der Waals surface area contributed by atoms with E-state index < -0.39 is 33.4 Å². The molecule has 1 rings (SSSR count). The third-order valence-corrected chi connectivity index (χ3v) is 5.91. The lowest BCUT2D eigenvalue weighted by atomic mass is 10.2. The Morgan fingerprint density at radius 1 is 1.32 bits per heavy atom. The Bertz CT molecular complexity index is 855. The summed E-state index contributed by atoms with van der Waals surface area (Å²) in [6.45, 7) is 1.47. The minimum absolute atomic E-state index is 0.0771. The molecule has 0 aromatic carbocycles. The molecule has 1 aromatic heterocycles. The molecule has 28 heavy (non-hydrogen) atoms. The molecule has 1 aromatic rings. The highest BCUT2D eigenvalue weighted by atomic mass is 32.2. The highest BCUT2D eigenvalue weighted by Crippen LogP contribution is 2.39. The van der Waals surface area contributed by atoms with Gasteiger partial charge >= 0.3 is 12.1 Å². The number of hydrogen-bond acceptors (Lipinski definition) is 5. The number of aromatic nitrogens is 1. The predicted molar refractivity (Wildman–Crippen MR) is 99.4 cm³/mol. The molecule has 0 N–H and O–H groups in total. The Morgan fingerprint density at radius 3 is 2.50 bits per heavy atom. The third-order valence-electron chi connectivity index (χ3n) is 3.23. The average molecular weight is 440 g/mol. The van der Waals surface area contributed by atoms with Crippen molar-refractivity contribution in [3.63, 3.8) is 0 Å². The number of nitrogens with zero attached hydrogens (tertiary/aromatic N) is 2. The van der Waals surface area contributed by atoms with E-state index in [9.17, 15) is 30.4 Å². The first-order valence-electron chi connectivity index (χ1n) is 7.81. The molecule has 0 aliphatic heterocycles.